The monoisotopic (exact) mass is 281 g/mol. The van der Waals surface area contributed by atoms with Crippen molar-refractivity contribution >= 4 is 0 Å². The number of nitrogens with two attached hydrogens (primary N) is 1. The van der Waals surface area contributed by atoms with Crippen molar-refractivity contribution in [2.75, 3.05) is 0 Å². The Morgan fingerprint density at radius 3 is 2.71 bits per heavy atom. The SMILES string of the molecule is CC1(C)Cc2nc(CCc3ccccc3)ncc2C(N)C1. The van der Waals surface area contributed by atoms with E-state index in [-0.39, 0.29) is 11.5 Å². The lowest BCUT2D eigenvalue weighted by atomic mass is 9.74. The summed E-state index contributed by atoms with van der Waals surface area (Å²) >= 11 is 0. The molecule has 0 spiro atoms. The normalized spacial score (nSPS) is 20.0. The molecular weight excluding hydrogens is 258 g/mol. The Hall–Kier alpha value is -1.74. The van der Waals surface area contributed by atoms with Gasteiger partial charge in [-0.15, -0.1) is 0 Å². The zero-order chi connectivity index (χ0) is 14.9. The topological polar surface area (TPSA) is 51.8 Å². The van der Waals surface area contributed by atoms with Crippen molar-refractivity contribution < 1.29 is 0 Å². The molecule has 1 aliphatic carbocycles. The molecule has 1 unspecified atom stereocenters. The molecule has 3 heteroatoms. The van der Waals surface area contributed by atoms with Crippen LogP contribution in [0.15, 0.2) is 36.5 Å². The van der Waals surface area contributed by atoms with Gasteiger partial charge in [-0.1, -0.05) is 44.2 Å². The lowest BCUT2D eigenvalue weighted by molar-refractivity contribution is 0.277. The highest BCUT2D eigenvalue weighted by Gasteiger charge is 2.31. The van der Waals surface area contributed by atoms with Crippen molar-refractivity contribution in [2.45, 2.75) is 45.6 Å². The van der Waals surface area contributed by atoms with E-state index in [9.17, 15) is 0 Å². The highest BCUT2D eigenvalue weighted by Crippen LogP contribution is 2.38. The maximum Gasteiger partial charge on any atom is 0.128 e. The van der Waals surface area contributed by atoms with Gasteiger partial charge in [-0.05, 0) is 30.2 Å². The van der Waals surface area contributed by atoms with Gasteiger partial charge in [0.1, 0.15) is 5.82 Å². The van der Waals surface area contributed by atoms with E-state index in [2.05, 4.69) is 43.1 Å². The molecule has 1 heterocycles. The fourth-order valence-electron chi connectivity index (χ4n) is 3.17. The van der Waals surface area contributed by atoms with Crippen LogP contribution in [0.2, 0.25) is 0 Å². The zero-order valence-electron chi connectivity index (χ0n) is 12.8. The molecule has 2 N–H and O–H groups in total. The van der Waals surface area contributed by atoms with Crippen LogP contribution >= 0.6 is 0 Å². The Morgan fingerprint density at radius 2 is 1.95 bits per heavy atom. The Morgan fingerprint density at radius 1 is 1.19 bits per heavy atom. The van der Waals surface area contributed by atoms with E-state index in [4.69, 9.17) is 10.7 Å². The van der Waals surface area contributed by atoms with Gasteiger partial charge in [0, 0.05) is 29.9 Å². The van der Waals surface area contributed by atoms with E-state index in [1.165, 1.54) is 5.56 Å². The van der Waals surface area contributed by atoms with Crippen LogP contribution in [0.3, 0.4) is 0 Å². The largest absolute Gasteiger partial charge is 0.324 e. The van der Waals surface area contributed by atoms with Crippen LogP contribution in [0.1, 0.15) is 49.0 Å². The van der Waals surface area contributed by atoms with Crippen LogP contribution < -0.4 is 5.73 Å². The Bertz CT molecular complexity index is 620. The van der Waals surface area contributed by atoms with Crippen LogP contribution in [0.4, 0.5) is 0 Å². The third-order valence-corrected chi connectivity index (χ3v) is 4.25. The molecular formula is C18H23N3. The van der Waals surface area contributed by atoms with E-state index >= 15 is 0 Å². The van der Waals surface area contributed by atoms with E-state index in [0.717, 1.165) is 42.8 Å². The first-order chi connectivity index (χ1) is 10.0. The van der Waals surface area contributed by atoms with Gasteiger partial charge < -0.3 is 5.73 Å². The standard InChI is InChI=1S/C18H23N3/c1-18(2)10-15(19)14-12-20-17(21-16(14)11-18)9-8-13-6-4-3-5-7-13/h3-7,12,15H,8-11,19H2,1-2H3. The molecule has 0 fully saturated rings. The molecule has 1 aliphatic rings. The molecule has 1 aromatic carbocycles. The molecule has 0 amide bonds. The maximum absolute atomic E-state index is 6.26. The average molecular weight is 281 g/mol. The van der Waals surface area contributed by atoms with Crippen LogP contribution in [0, 0.1) is 5.41 Å². The smallest absolute Gasteiger partial charge is 0.128 e. The number of rotatable bonds is 3. The number of aryl methyl sites for hydroxylation is 2. The van der Waals surface area contributed by atoms with Gasteiger partial charge in [-0.2, -0.15) is 0 Å². The summed E-state index contributed by atoms with van der Waals surface area (Å²) in [6, 6.07) is 10.6. The van der Waals surface area contributed by atoms with Gasteiger partial charge in [0.15, 0.2) is 0 Å². The molecule has 21 heavy (non-hydrogen) atoms. The van der Waals surface area contributed by atoms with Gasteiger partial charge in [0.25, 0.3) is 0 Å². The van der Waals surface area contributed by atoms with E-state index in [1.807, 2.05) is 12.3 Å². The summed E-state index contributed by atoms with van der Waals surface area (Å²) in [6.45, 7) is 4.53. The maximum atomic E-state index is 6.26. The fourth-order valence-corrected chi connectivity index (χ4v) is 3.17. The summed E-state index contributed by atoms with van der Waals surface area (Å²) in [5.74, 6) is 0.933. The molecule has 0 radical (unpaired) electrons. The molecule has 1 atom stereocenters. The molecule has 2 aromatic rings. The van der Waals surface area contributed by atoms with Crippen molar-refractivity contribution in [1.82, 2.24) is 9.97 Å². The molecule has 0 saturated carbocycles. The van der Waals surface area contributed by atoms with Crippen LogP contribution in [0.25, 0.3) is 0 Å². The van der Waals surface area contributed by atoms with Crippen molar-refractivity contribution in [3.63, 3.8) is 0 Å². The summed E-state index contributed by atoms with van der Waals surface area (Å²) in [4.78, 5) is 9.30. The number of benzene rings is 1. The zero-order valence-corrected chi connectivity index (χ0v) is 12.8. The molecule has 0 saturated heterocycles. The Labute approximate surface area is 126 Å². The predicted octanol–water partition coefficient (Wildman–Crippen LogP) is 3.23. The second kappa shape index (κ2) is 5.57. The summed E-state index contributed by atoms with van der Waals surface area (Å²) in [5.41, 5.74) is 10.1. The quantitative estimate of drug-likeness (QED) is 0.939. The number of fused-ring (bicyclic) bond motifs is 1. The van der Waals surface area contributed by atoms with Crippen LogP contribution in [-0.2, 0) is 19.3 Å². The minimum absolute atomic E-state index is 0.0759. The highest BCUT2D eigenvalue weighted by molar-refractivity contribution is 5.26. The lowest BCUT2D eigenvalue weighted by Gasteiger charge is -2.34. The second-order valence-electron chi connectivity index (χ2n) is 6.83. The van der Waals surface area contributed by atoms with Crippen molar-refractivity contribution in [3.8, 4) is 0 Å². The molecule has 0 bridgehead atoms. The summed E-state index contributed by atoms with van der Waals surface area (Å²) in [7, 11) is 0. The fraction of sp³-hybridized carbons (Fsp3) is 0.444. The van der Waals surface area contributed by atoms with Crippen molar-refractivity contribution in [3.05, 3.63) is 59.2 Å². The van der Waals surface area contributed by atoms with Crippen molar-refractivity contribution in [1.29, 1.82) is 0 Å². The van der Waals surface area contributed by atoms with Gasteiger partial charge in [-0.25, -0.2) is 9.97 Å². The molecule has 110 valence electrons. The molecule has 3 nitrogen and oxygen atoms in total. The summed E-state index contributed by atoms with van der Waals surface area (Å²) in [5, 5.41) is 0. The highest BCUT2D eigenvalue weighted by atomic mass is 14.9. The van der Waals surface area contributed by atoms with E-state index < -0.39 is 0 Å². The third-order valence-electron chi connectivity index (χ3n) is 4.25. The molecule has 0 aliphatic heterocycles. The van der Waals surface area contributed by atoms with Crippen LogP contribution in [0.5, 0.6) is 0 Å². The predicted molar refractivity (Wildman–Crippen MR) is 84.9 cm³/mol. The minimum Gasteiger partial charge on any atom is -0.324 e. The number of hydrogen-bond donors (Lipinski definition) is 1. The number of hydrogen-bond acceptors (Lipinski definition) is 3. The number of nitrogens with zero attached hydrogens (tertiary/aromatic N) is 2. The van der Waals surface area contributed by atoms with Gasteiger partial charge >= 0.3 is 0 Å². The lowest BCUT2D eigenvalue weighted by Crippen LogP contribution is -2.31. The van der Waals surface area contributed by atoms with Gasteiger partial charge in [-0.3, -0.25) is 0 Å². The minimum atomic E-state index is 0.0759. The summed E-state index contributed by atoms with van der Waals surface area (Å²) < 4.78 is 0. The third kappa shape index (κ3) is 3.30. The molecule has 3 rings (SSSR count). The van der Waals surface area contributed by atoms with Gasteiger partial charge in [0.2, 0.25) is 0 Å². The first-order valence-electron chi connectivity index (χ1n) is 7.68. The Balaban J connectivity index is 1.77. The van der Waals surface area contributed by atoms with Crippen LogP contribution in [-0.4, -0.2) is 9.97 Å². The van der Waals surface area contributed by atoms with Gasteiger partial charge in [0.05, 0.1) is 0 Å². The first-order valence-corrected chi connectivity index (χ1v) is 7.68. The summed E-state index contributed by atoms with van der Waals surface area (Å²) in [6.07, 6.45) is 5.81. The number of aromatic nitrogens is 2. The van der Waals surface area contributed by atoms with E-state index in [0.29, 0.717) is 0 Å². The van der Waals surface area contributed by atoms with Crippen molar-refractivity contribution in [2.24, 2.45) is 11.1 Å². The average Bonchev–Trinajstić information content (AvgIpc) is 2.44. The first kappa shape index (κ1) is 14.2. The second-order valence-corrected chi connectivity index (χ2v) is 6.83. The Kier molecular flexibility index (Phi) is 3.77. The van der Waals surface area contributed by atoms with E-state index in [1.54, 1.807) is 0 Å². The molecule has 1 aromatic heterocycles.